The molecular formula is C13H13N3O4. The fraction of sp³-hybridized carbons (Fsp3) is 0.385. The summed E-state index contributed by atoms with van der Waals surface area (Å²) in [5, 5.41) is 37.6. The largest absolute Gasteiger partial charge is 0.394 e. The molecule has 7 nitrogen and oxygen atoms in total. The molecule has 7 heteroatoms. The predicted molar refractivity (Wildman–Crippen MR) is 68.3 cm³/mol. The van der Waals surface area contributed by atoms with Gasteiger partial charge in [0.2, 0.25) is 0 Å². The lowest BCUT2D eigenvalue weighted by atomic mass is 9.93. The van der Waals surface area contributed by atoms with Gasteiger partial charge in [0.15, 0.2) is 11.8 Å². The average molecular weight is 275 g/mol. The molecule has 0 amide bonds. The number of rotatable bonds is 2. The van der Waals surface area contributed by atoms with Gasteiger partial charge in [-0.25, -0.2) is 4.68 Å². The van der Waals surface area contributed by atoms with E-state index in [-0.39, 0.29) is 0 Å². The number of hydrogen-bond acceptors (Lipinski definition) is 6. The summed E-state index contributed by atoms with van der Waals surface area (Å²) in [5.74, 6) is 2.09. The minimum absolute atomic E-state index is 0.513. The normalized spacial score (nSPS) is 33.4. The minimum Gasteiger partial charge on any atom is -0.394 e. The number of terminal acetylenes is 1. The van der Waals surface area contributed by atoms with Crippen molar-refractivity contribution < 1.29 is 20.1 Å². The second-order valence-corrected chi connectivity index (χ2v) is 4.64. The van der Waals surface area contributed by atoms with Crippen molar-refractivity contribution in [3.63, 3.8) is 0 Å². The zero-order valence-corrected chi connectivity index (χ0v) is 10.4. The molecule has 4 unspecified atom stereocenters. The van der Waals surface area contributed by atoms with E-state index in [2.05, 4.69) is 16.2 Å². The van der Waals surface area contributed by atoms with E-state index in [0.29, 0.717) is 11.0 Å². The van der Waals surface area contributed by atoms with Crippen LogP contribution in [-0.4, -0.2) is 54.7 Å². The van der Waals surface area contributed by atoms with Crippen molar-refractivity contribution in [3.8, 4) is 12.3 Å². The summed E-state index contributed by atoms with van der Waals surface area (Å²) in [6.45, 7) is -0.513. The van der Waals surface area contributed by atoms with E-state index in [1.54, 1.807) is 18.2 Å². The molecule has 1 saturated heterocycles. The Morgan fingerprint density at radius 2 is 2.20 bits per heavy atom. The molecular weight excluding hydrogens is 262 g/mol. The van der Waals surface area contributed by atoms with E-state index < -0.39 is 30.6 Å². The summed E-state index contributed by atoms with van der Waals surface area (Å²) in [5.41, 5.74) is -0.707. The second kappa shape index (κ2) is 4.54. The lowest BCUT2D eigenvalue weighted by Gasteiger charge is -2.23. The monoisotopic (exact) mass is 275 g/mol. The van der Waals surface area contributed by atoms with Gasteiger partial charge in [0, 0.05) is 0 Å². The summed E-state index contributed by atoms with van der Waals surface area (Å²) in [4.78, 5) is 0. The molecule has 2 heterocycles. The molecule has 3 N–H and O–H groups in total. The highest BCUT2D eigenvalue weighted by Crippen LogP contribution is 2.37. The quantitative estimate of drug-likeness (QED) is 0.611. The van der Waals surface area contributed by atoms with E-state index >= 15 is 0 Å². The molecule has 1 fully saturated rings. The molecule has 104 valence electrons. The van der Waals surface area contributed by atoms with Gasteiger partial charge in [-0.15, -0.1) is 11.5 Å². The standard InChI is InChI=1S/C13H13N3O4/c1-2-13(19)10(7-17)20-12(11(13)18)16-9-6-4-3-5-8(9)14-15-16/h1,3-6,10-12,17-19H,7H2. The van der Waals surface area contributed by atoms with Crippen LogP contribution in [0.4, 0.5) is 0 Å². The Hall–Kier alpha value is -1.98. The lowest BCUT2D eigenvalue weighted by Crippen LogP contribution is -2.47. The first-order chi connectivity index (χ1) is 9.61. The Labute approximate surface area is 114 Å². The molecule has 20 heavy (non-hydrogen) atoms. The molecule has 2 aromatic rings. The van der Waals surface area contributed by atoms with Crippen molar-refractivity contribution in [2.45, 2.75) is 24.0 Å². The van der Waals surface area contributed by atoms with Crippen molar-refractivity contribution in [1.29, 1.82) is 0 Å². The predicted octanol–water partition coefficient (Wildman–Crippen LogP) is -0.954. The van der Waals surface area contributed by atoms with Crippen LogP contribution < -0.4 is 0 Å². The van der Waals surface area contributed by atoms with Crippen LogP contribution in [0.5, 0.6) is 0 Å². The SMILES string of the molecule is C#CC1(O)C(CO)OC(n2nnc3ccccc32)C1O. The van der Waals surface area contributed by atoms with E-state index in [1.165, 1.54) is 4.68 Å². The highest BCUT2D eigenvalue weighted by atomic mass is 16.6. The lowest BCUT2D eigenvalue weighted by molar-refractivity contribution is -0.0636. The topological polar surface area (TPSA) is 101 Å². The van der Waals surface area contributed by atoms with Gasteiger partial charge < -0.3 is 20.1 Å². The van der Waals surface area contributed by atoms with Crippen LogP contribution >= 0.6 is 0 Å². The number of para-hydroxylation sites is 1. The maximum absolute atomic E-state index is 10.2. The summed E-state index contributed by atoms with van der Waals surface area (Å²) >= 11 is 0. The third kappa shape index (κ3) is 1.63. The number of nitrogens with zero attached hydrogens (tertiary/aromatic N) is 3. The summed E-state index contributed by atoms with van der Waals surface area (Å²) < 4.78 is 6.80. The van der Waals surface area contributed by atoms with Crippen LogP contribution in [0.25, 0.3) is 11.0 Å². The van der Waals surface area contributed by atoms with Crippen molar-refractivity contribution in [2.75, 3.05) is 6.61 Å². The van der Waals surface area contributed by atoms with Gasteiger partial charge in [-0.2, -0.15) is 0 Å². The van der Waals surface area contributed by atoms with Gasteiger partial charge >= 0.3 is 0 Å². The Balaban J connectivity index is 2.06. The summed E-state index contributed by atoms with van der Waals surface area (Å²) in [6, 6.07) is 7.12. The molecule has 0 aliphatic carbocycles. The highest BCUT2D eigenvalue weighted by molar-refractivity contribution is 5.74. The van der Waals surface area contributed by atoms with Gasteiger partial charge in [-0.1, -0.05) is 23.3 Å². The van der Waals surface area contributed by atoms with E-state index in [9.17, 15) is 15.3 Å². The summed E-state index contributed by atoms with van der Waals surface area (Å²) in [7, 11) is 0. The zero-order chi connectivity index (χ0) is 14.3. The van der Waals surface area contributed by atoms with E-state index in [1.807, 2.05) is 6.07 Å². The number of benzene rings is 1. The van der Waals surface area contributed by atoms with E-state index in [0.717, 1.165) is 0 Å². The van der Waals surface area contributed by atoms with E-state index in [4.69, 9.17) is 11.2 Å². The average Bonchev–Trinajstić information content (AvgIpc) is 3.00. The third-order valence-corrected chi connectivity index (χ3v) is 3.53. The minimum atomic E-state index is -1.97. The fourth-order valence-electron chi connectivity index (χ4n) is 2.38. The van der Waals surface area contributed by atoms with Gasteiger partial charge in [0.05, 0.1) is 12.1 Å². The van der Waals surface area contributed by atoms with Gasteiger partial charge in [-0.05, 0) is 12.1 Å². The number of aromatic nitrogens is 3. The first kappa shape index (κ1) is 13.0. The molecule has 1 aromatic carbocycles. The Morgan fingerprint density at radius 1 is 1.45 bits per heavy atom. The number of aliphatic hydroxyl groups is 3. The van der Waals surface area contributed by atoms with Crippen LogP contribution in [-0.2, 0) is 4.74 Å². The van der Waals surface area contributed by atoms with Crippen LogP contribution in [0, 0.1) is 12.3 Å². The first-order valence-corrected chi connectivity index (χ1v) is 6.06. The molecule has 1 aromatic heterocycles. The molecule has 1 aliphatic rings. The maximum Gasteiger partial charge on any atom is 0.184 e. The van der Waals surface area contributed by atoms with Crippen molar-refractivity contribution >= 4 is 11.0 Å². The zero-order valence-electron chi connectivity index (χ0n) is 10.4. The van der Waals surface area contributed by atoms with Crippen LogP contribution in [0.3, 0.4) is 0 Å². The van der Waals surface area contributed by atoms with Crippen LogP contribution in [0.2, 0.25) is 0 Å². The number of ether oxygens (including phenoxy) is 1. The Bertz CT molecular complexity index is 680. The van der Waals surface area contributed by atoms with Crippen molar-refractivity contribution in [1.82, 2.24) is 15.0 Å². The maximum atomic E-state index is 10.2. The Kier molecular flexibility index (Phi) is 2.96. The Morgan fingerprint density at radius 3 is 2.85 bits per heavy atom. The van der Waals surface area contributed by atoms with Crippen LogP contribution in [0.15, 0.2) is 24.3 Å². The number of aliphatic hydroxyl groups excluding tert-OH is 2. The van der Waals surface area contributed by atoms with Gasteiger partial charge in [0.1, 0.15) is 17.7 Å². The molecule has 0 spiro atoms. The fourth-order valence-corrected chi connectivity index (χ4v) is 2.38. The molecule has 0 bridgehead atoms. The van der Waals surface area contributed by atoms with Crippen LogP contribution in [0.1, 0.15) is 6.23 Å². The van der Waals surface area contributed by atoms with Crippen molar-refractivity contribution in [3.05, 3.63) is 24.3 Å². The third-order valence-electron chi connectivity index (χ3n) is 3.53. The number of hydrogen-bond donors (Lipinski definition) is 3. The summed E-state index contributed by atoms with van der Waals surface area (Å²) in [6.07, 6.45) is 1.73. The smallest absolute Gasteiger partial charge is 0.184 e. The van der Waals surface area contributed by atoms with Gasteiger partial charge in [-0.3, -0.25) is 0 Å². The van der Waals surface area contributed by atoms with Crippen molar-refractivity contribution in [2.24, 2.45) is 0 Å². The molecule has 1 aliphatic heterocycles. The molecule has 0 saturated carbocycles. The molecule has 0 radical (unpaired) electrons. The highest BCUT2D eigenvalue weighted by Gasteiger charge is 2.55. The van der Waals surface area contributed by atoms with Gasteiger partial charge in [0.25, 0.3) is 0 Å². The molecule has 3 rings (SSSR count). The second-order valence-electron chi connectivity index (χ2n) is 4.64. The first-order valence-electron chi connectivity index (χ1n) is 6.06. The molecule has 4 atom stereocenters. The number of fused-ring (bicyclic) bond motifs is 1.